The number of benzene rings is 1. The molecule has 0 unspecified atom stereocenters. The van der Waals surface area contributed by atoms with Crippen LogP contribution in [0.5, 0.6) is 0 Å². The molecule has 0 radical (unpaired) electrons. The number of piperidine rings is 1. The van der Waals surface area contributed by atoms with E-state index in [1.54, 1.807) is 24.3 Å². The zero-order chi connectivity index (χ0) is 18.3. The fraction of sp³-hybridized carbons (Fsp3) is 0.611. The molecule has 1 aliphatic heterocycles. The fourth-order valence-corrected chi connectivity index (χ4v) is 4.30. The fourth-order valence-electron chi connectivity index (χ4n) is 3.17. The predicted octanol–water partition coefficient (Wildman–Crippen LogP) is 2.72. The van der Waals surface area contributed by atoms with Gasteiger partial charge in [-0.2, -0.15) is 0 Å². The summed E-state index contributed by atoms with van der Waals surface area (Å²) in [7, 11) is -1.39. The summed E-state index contributed by atoms with van der Waals surface area (Å²) in [4.78, 5) is 14.6. The van der Waals surface area contributed by atoms with E-state index in [1.165, 1.54) is 0 Å². The van der Waals surface area contributed by atoms with Crippen LogP contribution in [0, 0.1) is 5.92 Å². The molecule has 0 spiro atoms. The van der Waals surface area contributed by atoms with Crippen molar-refractivity contribution in [2.75, 3.05) is 37.2 Å². The molecule has 1 aromatic rings. The lowest BCUT2D eigenvalue weighted by atomic mass is 9.93. The van der Waals surface area contributed by atoms with Gasteiger partial charge >= 0.3 is 0 Å². The number of nitrogens with one attached hydrogen (secondary N) is 2. The zero-order valence-corrected chi connectivity index (χ0v) is 17.2. The number of halogens is 1. The number of hydrogen-bond acceptors (Lipinski definition) is 4. The van der Waals surface area contributed by atoms with Crippen molar-refractivity contribution in [2.45, 2.75) is 32.6 Å². The van der Waals surface area contributed by atoms with Gasteiger partial charge in [-0.15, -0.1) is 12.4 Å². The molecule has 2 N–H and O–H groups in total. The molecular formula is C18H30ClN3O3S. The molecule has 0 atom stereocenters. The summed E-state index contributed by atoms with van der Waals surface area (Å²) in [5.74, 6) is 0.720. The highest BCUT2D eigenvalue weighted by molar-refractivity contribution is 7.92. The maximum atomic E-state index is 12.7. The van der Waals surface area contributed by atoms with Crippen molar-refractivity contribution >= 4 is 34.0 Å². The molecule has 26 heavy (non-hydrogen) atoms. The maximum absolute atomic E-state index is 12.7. The van der Waals surface area contributed by atoms with Crippen LogP contribution in [0.2, 0.25) is 0 Å². The average Bonchev–Trinajstić information content (AvgIpc) is 2.59. The number of likely N-dealkylation sites (tertiary alicyclic amines) is 1. The second-order valence-corrected chi connectivity index (χ2v) is 8.47. The Hall–Kier alpha value is -1.31. The summed E-state index contributed by atoms with van der Waals surface area (Å²) >= 11 is 0. The Bertz CT molecular complexity index is 674. The van der Waals surface area contributed by atoms with Gasteiger partial charge in [0.25, 0.3) is 5.91 Å². The highest BCUT2D eigenvalue weighted by atomic mass is 35.5. The van der Waals surface area contributed by atoms with Gasteiger partial charge in [0, 0.05) is 24.3 Å². The third-order valence-corrected chi connectivity index (χ3v) is 6.05. The number of nitrogens with zero attached hydrogens (tertiary/aromatic N) is 1. The Morgan fingerprint density at radius 3 is 2.58 bits per heavy atom. The van der Waals surface area contributed by atoms with Crippen molar-refractivity contribution in [1.82, 2.24) is 10.2 Å². The highest BCUT2D eigenvalue weighted by Crippen LogP contribution is 2.22. The first-order valence-corrected chi connectivity index (χ1v) is 10.6. The largest absolute Gasteiger partial charge is 0.339 e. The monoisotopic (exact) mass is 403 g/mol. The number of sulfonamides is 1. The molecule has 1 heterocycles. The quantitative estimate of drug-likeness (QED) is 0.699. The van der Waals surface area contributed by atoms with Gasteiger partial charge in [-0.25, -0.2) is 8.42 Å². The van der Waals surface area contributed by atoms with Crippen molar-refractivity contribution in [3.8, 4) is 0 Å². The number of carbonyl (C=O) groups excluding carboxylic acids is 1. The normalized spacial score (nSPS) is 15.4. The van der Waals surface area contributed by atoms with Crippen molar-refractivity contribution in [1.29, 1.82) is 0 Å². The Kier molecular flexibility index (Phi) is 9.39. The molecule has 6 nitrogen and oxygen atoms in total. The summed E-state index contributed by atoms with van der Waals surface area (Å²) in [6.07, 6.45) is 3.75. The van der Waals surface area contributed by atoms with Gasteiger partial charge in [-0.05, 0) is 63.4 Å². The van der Waals surface area contributed by atoms with Crippen molar-refractivity contribution < 1.29 is 13.2 Å². The molecule has 1 amide bonds. The van der Waals surface area contributed by atoms with E-state index in [4.69, 9.17) is 0 Å². The molecule has 148 valence electrons. The molecule has 0 aromatic heterocycles. The minimum absolute atomic E-state index is 0. The SMILES string of the molecule is CCCS(=O)(=O)Nc1cccc(C(=O)N2CCC(CCNC)CC2)c1.Cl. The van der Waals surface area contributed by atoms with E-state index in [2.05, 4.69) is 10.0 Å². The molecular weight excluding hydrogens is 374 g/mol. The predicted molar refractivity (Wildman–Crippen MR) is 109 cm³/mol. The van der Waals surface area contributed by atoms with Gasteiger partial charge in [0.1, 0.15) is 0 Å². The number of carbonyl (C=O) groups is 1. The van der Waals surface area contributed by atoms with Crippen LogP contribution < -0.4 is 10.0 Å². The van der Waals surface area contributed by atoms with E-state index in [9.17, 15) is 13.2 Å². The van der Waals surface area contributed by atoms with E-state index in [1.807, 2.05) is 18.9 Å². The molecule has 1 fully saturated rings. The lowest BCUT2D eigenvalue weighted by Gasteiger charge is -2.32. The molecule has 0 aliphatic carbocycles. The van der Waals surface area contributed by atoms with Crippen LogP contribution in [0.15, 0.2) is 24.3 Å². The minimum Gasteiger partial charge on any atom is -0.339 e. The second kappa shape index (κ2) is 10.7. The molecule has 1 aliphatic rings. The van der Waals surface area contributed by atoms with Crippen LogP contribution in [-0.4, -0.2) is 51.7 Å². The van der Waals surface area contributed by atoms with Crippen LogP contribution >= 0.6 is 12.4 Å². The molecule has 8 heteroatoms. The summed E-state index contributed by atoms with van der Waals surface area (Å²) in [6, 6.07) is 6.76. The second-order valence-electron chi connectivity index (χ2n) is 6.63. The summed E-state index contributed by atoms with van der Waals surface area (Å²) < 4.78 is 26.3. The first-order chi connectivity index (χ1) is 11.9. The Balaban J connectivity index is 0.00000338. The summed E-state index contributed by atoms with van der Waals surface area (Å²) in [6.45, 7) is 4.36. The first-order valence-electron chi connectivity index (χ1n) is 8.99. The zero-order valence-electron chi connectivity index (χ0n) is 15.5. The van der Waals surface area contributed by atoms with Gasteiger partial charge in [0.15, 0.2) is 0 Å². The maximum Gasteiger partial charge on any atom is 0.253 e. The van der Waals surface area contributed by atoms with Crippen molar-refractivity contribution in [2.24, 2.45) is 5.92 Å². The smallest absolute Gasteiger partial charge is 0.253 e. The van der Waals surface area contributed by atoms with Crippen LogP contribution in [0.1, 0.15) is 43.0 Å². The van der Waals surface area contributed by atoms with Crippen LogP contribution in [0.4, 0.5) is 5.69 Å². The van der Waals surface area contributed by atoms with E-state index < -0.39 is 10.0 Å². The first kappa shape index (κ1) is 22.7. The Morgan fingerprint density at radius 2 is 1.96 bits per heavy atom. The van der Waals surface area contributed by atoms with Gasteiger partial charge in [-0.3, -0.25) is 9.52 Å². The van der Waals surface area contributed by atoms with Crippen molar-refractivity contribution in [3.63, 3.8) is 0 Å². The molecule has 2 rings (SSSR count). The van der Waals surface area contributed by atoms with Gasteiger partial charge in [0.05, 0.1) is 5.75 Å². The lowest BCUT2D eigenvalue weighted by molar-refractivity contribution is 0.0687. The van der Waals surface area contributed by atoms with Crippen LogP contribution in [0.25, 0.3) is 0 Å². The van der Waals surface area contributed by atoms with Crippen molar-refractivity contribution in [3.05, 3.63) is 29.8 Å². The van der Waals surface area contributed by atoms with Crippen LogP contribution in [0.3, 0.4) is 0 Å². The molecule has 0 bridgehead atoms. The van der Waals surface area contributed by atoms with E-state index in [0.717, 1.165) is 38.9 Å². The minimum atomic E-state index is -3.35. The summed E-state index contributed by atoms with van der Waals surface area (Å²) in [5, 5.41) is 3.17. The van der Waals surface area contributed by atoms with E-state index in [0.29, 0.717) is 23.6 Å². The Morgan fingerprint density at radius 1 is 1.27 bits per heavy atom. The molecule has 1 aromatic carbocycles. The van der Waals surface area contributed by atoms with Gasteiger partial charge in [-0.1, -0.05) is 13.0 Å². The van der Waals surface area contributed by atoms with Gasteiger partial charge < -0.3 is 10.2 Å². The molecule has 1 saturated heterocycles. The van der Waals surface area contributed by atoms with E-state index >= 15 is 0 Å². The third kappa shape index (κ3) is 6.78. The number of amides is 1. The topological polar surface area (TPSA) is 78.5 Å². The average molecular weight is 404 g/mol. The van der Waals surface area contributed by atoms with Gasteiger partial charge in [0.2, 0.25) is 10.0 Å². The standard InChI is InChI=1S/C18H29N3O3S.ClH/c1-3-13-25(23,24)20-17-6-4-5-16(14-17)18(22)21-11-8-15(9-12-21)7-10-19-2;/h4-6,14-15,19-20H,3,7-13H2,1-2H3;1H. The highest BCUT2D eigenvalue weighted by Gasteiger charge is 2.23. The number of hydrogen-bond donors (Lipinski definition) is 2. The third-order valence-electron chi connectivity index (χ3n) is 4.56. The molecule has 0 saturated carbocycles. The van der Waals surface area contributed by atoms with E-state index in [-0.39, 0.29) is 24.1 Å². The number of rotatable bonds is 8. The van der Waals surface area contributed by atoms with Crippen LogP contribution in [-0.2, 0) is 10.0 Å². The lowest BCUT2D eigenvalue weighted by Crippen LogP contribution is -2.39. The summed E-state index contributed by atoms with van der Waals surface area (Å²) in [5.41, 5.74) is 0.980. The number of anilines is 1. The Labute approximate surface area is 163 Å².